The summed E-state index contributed by atoms with van der Waals surface area (Å²) in [6, 6.07) is 0. The van der Waals surface area contributed by atoms with E-state index in [1.165, 1.54) is 0 Å². The van der Waals surface area contributed by atoms with E-state index in [4.69, 9.17) is 18.9 Å². The zero-order chi connectivity index (χ0) is 18.5. The lowest BCUT2D eigenvalue weighted by Gasteiger charge is -2.35. The Labute approximate surface area is 157 Å². The van der Waals surface area contributed by atoms with Gasteiger partial charge < -0.3 is 18.9 Å². The highest BCUT2D eigenvalue weighted by molar-refractivity contribution is 7.99. The van der Waals surface area contributed by atoms with Gasteiger partial charge in [-0.1, -0.05) is 39.8 Å². The first kappa shape index (κ1) is 21.0. The highest BCUT2D eigenvalue weighted by atomic mass is 32.2. The maximum Gasteiger partial charge on any atom is 0.179 e. The molecule has 0 N–H and O–H groups in total. The Morgan fingerprint density at radius 2 is 1.08 bits per heavy atom. The highest BCUT2D eigenvalue weighted by Gasteiger charge is 2.29. The predicted molar refractivity (Wildman–Crippen MR) is 104 cm³/mol. The molecule has 25 heavy (non-hydrogen) atoms. The largest absolute Gasteiger partial charge is 0.348 e. The van der Waals surface area contributed by atoms with Gasteiger partial charge in [-0.3, -0.25) is 0 Å². The minimum absolute atomic E-state index is 0.117. The molecule has 2 rings (SSSR count). The summed E-state index contributed by atoms with van der Waals surface area (Å²) in [5.41, 5.74) is 2.55. The van der Waals surface area contributed by atoms with Crippen molar-refractivity contribution in [3.63, 3.8) is 0 Å². The molecule has 5 heteroatoms. The van der Waals surface area contributed by atoms with Gasteiger partial charge in [-0.15, -0.1) is 0 Å². The molecule has 0 aromatic heterocycles. The average molecular weight is 371 g/mol. The molecule has 2 aliphatic heterocycles. The van der Waals surface area contributed by atoms with Crippen LogP contribution in [-0.4, -0.2) is 50.5 Å². The molecule has 0 aliphatic carbocycles. The summed E-state index contributed by atoms with van der Waals surface area (Å²) in [7, 11) is 0. The topological polar surface area (TPSA) is 36.9 Å². The zero-order valence-electron chi connectivity index (χ0n) is 16.6. The van der Waals surface area contributed by atoms with Gasteiger partial charge in [0.25, 0.3) is 0 Å². The number of hydrogen-bond acceptors (Lipinski definition) is 5. The number of ether oxygens (including phenoxy) is 4. The third kappa shape index (κ3) is 7.06. The summed E-state index contributed by atoms with van der Waals surface area (Å²) < 4.78 is 23.2. The van der Waals surface area contributed by atoms with E-state index in [1.807, 2.05) is 11.8 Å². The van der Waals surface area contributed by atoms with E-state index < -0.39 is 0 Å². The van der Waals surface area contributed by atoms with Crippen LogP contribution in [-0.2, 0) is 18.9 Å². The van der Waals surface area contributed by atoms with Crippen molar-refractivity contribution in [1.82, 2.24) is 0 Å². The second kappa shape index (κ2) is 9.05. The molecule has 0 aromatic rings. The van der Waals surface area contributed by atoms with Crippen molar-refractivity contribution in [2.45, 2.75) is 54.1 Å². The number of thioether (sulfide) groups is 1. The first-order valence-electron chi connectivity index (χ1n) is 9.06. The molecule has 2 fully saturated rings. The Balaban J connectivity index is 1.66. The van der Waals surface area contributed by atoms with Crippen molar-refractivity contribution in [1.29, 1.82) is 0 Å². The van der Waals surface area contributed by atoms with Crippen LogP contribution >= 0.6 is 11.8 Å². The normalized spacial score (nSPS) is 26.0. The van der Waals surface area contributed by atoms with Crippen molar-refractivity contribution in [3.8, 4) is 0 Å². The molecule has 0 atom stereocenters. The van der Waals surface area contributed by atoms with Gasteiger partial charge in [0, 0.05) is 22.3 Å². The van der Waals surface area contributed by atoms with E-state index in [0.29, 0.717) is 0 Å². The fraction of sp³-hybridized carbons (Fsp3) is 0.800. The second-order valence-corrected chi connectivity index (χ2v) is 9.74. The minimum Gasteiger partial charge on any atom is -0.348 e. The van der Waals surface area contributed by atoms with Crippen LogP contribution in [0.15, 0.2) is 23.3 Å². The average Bonchev–Trinajstić information content (AvgIpc) is 2.54. The second-order valence-electron chi connectivity index (χ2n) is 8.67. The first-order valence-corrected chi connectivity index (χ1v) is 10.2. The van der Waals surface area contributed by atoms with Crippen molar-refractivity contribution in [3.05, 3.63) is 23.3 Å². The summed E-state index contributed by atoms with van der Waals surface area (Å²) >= 11 is 1.86. The predicted octanol–water partition coefficient (Wildman–Crippen LogP) is 4.41. The summed E-state index contributed by atoms with van der Waals surface area (Å²) in [5.74, 6) is 1.89. The number of hydrogen-bond donors (Lipinski definition) is 0. The fourth-order valence-electron chi connectivity index (χ4n) is 2.55. The number of rotatable bonds is 6. The Kier molecular flexibility index (Phi) is 7.59. The molecule has 2 saturated heterocycles. The molecular formula is C20H34O4S. The van der Waals surface area contributed by atoms with Gasteiger partial charge in [-0.05, 0) is 25.0 Å². The SMILES string of the molecule is CC(=CCSCC=C(C)C1OCC(C)(C)CO1)C1OCC(C)(C)CO1. The van der Waals surface area contributed by atoms with E-state index in [1.54, 1.807) is 0 Å². The summed E-state index contributed by atoms with van der Waals surface area (Å²) in [6.07, 6.45) is 4.04. The molecule has 0 bridgehead atoms. The lowest BCUT2D eigenvalue weighted by molar-refractivity contribution is -0.202. The van der Waals surface area contributed by atoms with Gasteiger partial charge >= 0.3 is 0 Å². The van der Waals surface area contributed by atoms with Gasteiger partial charge in [-0.25, -0.2) is 0 Å². The lowest BCUT2D eigenvalue weighted by atomic mass is 9.95. The highest BCUT2D eigenvalue weighted by Crippen LogP contribution is 2.27. The Morgan fingerprint density at radius 3 is 1.40 bits per heavy atom. The molecule has 0 aromatic carbocycles. The van der Waals surface area contributed by atoms with Crippen LogP contribution in [0.5, 0.6) is 0 Å². The van der Waals surface area contributed by atoms with Gasteiger partial charge in [0.2, 0.25) is 0 Å². The van der Waals surface area contributed by atoms with Gasteiger partial charge in [0.15, 0.2) is 12.6 Å². The standard InChI is InChI=1S/C20H34O4S/c1-15(17-21-11-19(3,4)12-22-17)7-9-25-10-8-16(2)18-23-13-20(5,6)14-24-18/h7-8,17-18H,9-14H2,1-6H3. The molecular weight excluding hydrogens is 336 g/mol. The zero-order valence-corrected chi connectivity index (χ0v) is 17.4. The van der Waals surface area contributed by atoms with Crippen molar-refractivity contribution >= 4 is 11.8 Å². The third-order valence-electron chi connectivity index (χ3n) is 4.29. The summed E-state index contributed by atoms with van der Waals surface area (Å²) in [4.78, 5) is 0. The fourth-order valence-corrected chi connectivity index (χ4v) is 3.45. The van der Waals surface area contributed by atoms with Crippen molar-refractivity contribution in [2.75, 3.05) is 37.9 Å². The van der Waals surface area contributed by atoms with Crippen LogP contribution in [0, 0.1) is 10.8 Å². The van der Waals surface area contributed by atoms with E-state index in [-0.39, 0.29) is 23.4 Å². The van der Waals surface area contributed by atoms with Crippen LogP contribution in [0.4, 0.5) is 0 Å². The van der Waals surface area contributed by atoms with Crippen molar-refractivity contribution in [2.24, 2.45) is 10.8 Å². The van der Waals surface area contributed by atoms with E-state index in [9.17, 15) is 0 Å². The maximum atomic E-state index is 5.80. The third-order valence-corrected chi connectivity index (χ3v) is 5.10. The maximum absolute atomic E-state index is 5.80. The van der Waals surface area contributed by atoms with Crippen LogP contribution in [0.25, 0.3) is 0 Å². The molecule has 2 aliphatic rings. The summed E-state index contributed by atoms with van der Waals surface area (Å²) in [5, 5.41) is 0. The molecule has 4 nitrogen and oxygen atoms in total. The van der Waals surface area contributed by atoms with Crippen LogP contribution in [0.3, 0.4) is 0 Å². The molecule has 0 unspecified atom stereocenters. The molecule has 144 valence electrons. The molecule has 0 spiro atoms. The van der Waals surface area contributed by atoms with Gasteiger partial charge in [-0.2, -0.15) is 11.8 Å². The van der Waals surface area contributed by atoms with Gasteiger partial charge in [0.05, 0.1) is 26.4 Å². The van der Waals surface area contributed by atoms with Crippen LogP contribution in [0.2, 0.25) is 0 Å². The smallest absolute Gasteiger partial charge is 0.179 e. The Bertz CT molecular complexity index is 432. The monoisotopic (exact) mass is 370 g/mol. The van der Waals surface area contributed by atoms with E-state index >= 15 is 0 Å². The molecule has 0 radical (unpaired) electrons. The van der Waals surface area contributed by atoms with Crippen molar-refractivity contribution < 1.29 is 18.9 Å². The first-order chi connectivity index (χ1) is 11.7. The quantitative estimate of drug-likeness (QED) is 0.511. The van der Waals surface area contributed by atoms with E-state index in [0.717, 1.165) is 49.1 Å². The molecule has 2 heterocycles. The lowest BCUT2D eigenvalue weighted by Crippen LogP contribution is -2.38. The molecule has 0 saturated carbocycles. The van der Waals surface area contributed by atoms with E-state index in [2.05, 4.69) is 53.7 Å². The minimum atomic E-state index is -0.182. The summed E-state index contributed by atoms with van der Waals surface area (Å²) in [6.45, 7) is 15.8. The Morgan fingerprint density at radius 1 is 0.760 bits per heavy atom. The Hall–Kier alpha value is -0.330. The van der Waals surface area contributed by atoms with Crippen LogP contribution < -0.4 is 0 Å². The molecule has 0 amide bonds. The van der Waals surface area contributed by atoms with Gasteiger partial charge in [0.1, 0.15) is 0 Å². The van der Waals surface area contributed by atoms with Crippen LogP contribution in [0.1, 0.15) is 41.5 Å².